The molecule has 0 fully saturated rings. The number of anilines is 2. The molecule has 1 heterocycles. The number of hydrogen-bond acceptors (Lipinski definition) is 6. The lowest BCUT2D eigenvalue weighted by atomic mass is 10.1. The third-order valence-corrected chi connectivity index (χ3v) is 2.97. The summed E-state index contributed by atoms with van der Waals surface area (Å²) in [6.07, 6.45) is 2.14. The zero-order valence-corrected chi connectivity index (χ0v) is 12.8. The van der Waals surface area contributed by atoms with Gasteiger partial charge >= 0.3 is 6.01 Å². The molecule has 1 N–H and O–H groups in total. The van der Waals surface area contributed by atoms with Crippen LogP contribution in [0, 0.1) is 0 Å². The summed E-state index contributed by atoms with van der Waals surface area (Å²) in [6.45, 7) is 8.23. The van der Waals surface area contributed by atoms with E-state index in [0.29, 0.717) is 23.9 Å². The van der Waals surface area contributed by atoms with Gasteiger partial charge in [-0.1, -0.05) is 13.8 Å². The van der Waals surface area contributed by atoms with Crippen molar-refractivity contribution in [2.45, 2.75) is 52.7 Å². The molecule has 1 aromatic heterocycles. The number of ether oxygens (including phenoxy) is 1. The Bertz CT molecular complexity index is 393. The molecule has 6 nitrogen and oxygen atoms in total. The van der Waals surface area contributed by atoms with Crippen molar-refractivity contribution in [1.82, 2.24) is 15.0 Å². The Morgan fingerprint density at radius 3 is 2.26 bits per heavy atom. The van der Waals surface area contributed by atoms with Gasteiger partial charge in [-0.2, -0.15) is 15.0 Å². The molecule has 0 amide bonds. The Morgan fingerprint density at radius 2 is 1.79 bits per heavy atom. The topological polar surface area (TPSA) is 63.2 Å². The third-order valence-electron chi connectivity index (χ3n) is 2.97. The fourth-order valence-electron chi connectivity index (χ4n) is 1.88. The molecule has 6 heteroatoms. The van der Waals surface area contributed by atoms with Crippen LogP contribution in [0.1, 0.15) is 40.5 Å². The lowest BCUT2D eigenvalue weighted by molar-refractivity contribution is 0.222. The molecule has 0 radical (unpaired) electrons. The van der Waals surface area contributed by atoms with E-state index in [1.807, 2.05) is 20.9 Å². The first-order valence-corrected chi connectivity index (χ1v) is 6.85. The van der Waals surface area contributed by atoms with Gasteiger partial charge in [0.2, 0.25) is 11.9 Å². The van der Waals surface area contributed by atoms with E-state index in [1.165, 1.54) is 0 Å². The maximum absolute atomic E-state index is 5.57. The Labute approximate surface area is 115 Å². The predicted molar refractivity (Wildman–Crippen MR) is 77.9 cm³/mol. The quantitative estimate of drug-likeness (QED) is 0.818. The Balaban J connectivity index is 3.04. The molecule has 0 aromatic carbocycles. The average Bonchev–Trinajstić information content (AvgIpc) is 2.38. The minimum absolute atomic E-state index is 0.0402. The summed E-state index contributed by atoms with van der Waals surface area (Å²) < 4.78 is 5.57. The minimum Gasteiger partial charge on any atom is -0.461 e. The lowest BCUT2D eigenvalue weighted by Crippen LogP contribution is -2.32. The summed E-state index contributed by atoms with van der Waals surface area (Å²) in [5.41, 5.74) is 0. The van der Waals surface area contributed by atoms with E-state index in [-0.39, 0.29) is 6.10 Å². The van der Waals surface area contributed by atoms with Crippen LogP contribution in [0.2, 0.25) is 0 Å². The van der Waals surface area contributed by atoms with Gasteiger partial charge in [0.05, 0.1) is 6.10 Å². The second kappa shape index (κ2) is 7.11. The molecule has 0 saturated heterocycles. The summed E-state index contributed by atoms with van der Waals surface area (Å²) in [4.78, 5) is 15.1. The van der Waals surface area contributed by atoms with Crippen LogP contribution in [0.3, 0.4) is 0 Å². The molecule has 0 atom stereocenters. The van der Waals surface area contributed by atoms with Gasteiger partial charge in [-0.15, -0.1) is 0 Å². The van der Waals surface area contributed by atoms with Crippen molar-refractivity contribution in [3.05, 3.63) is 0 Å². The van der Waals surface area contributed by atoms with Crippen LogP contribution in [0.15, 0.2) is 0 Å². The highest BCUT2D eigenvalue weighted by atomic mass is 16.5. The van der Waals surface area contributed by atoms with Crippen molar-refractivity contribution in [3.63, 3.8) is 0 Å². The van der Waals surface area contributed by atoms with E-state index in [9.17, 15) is 0 Å². The number of aromatic nitrogens is 3. The Hall–Kier alpha value is -1.59. The molecular weight excluding hydrogens is 242 g/mol. The third kappa shape index (κ3) is 4.22. The molecule has 0 unspecified atom stereocenters. The molecule has 0 spiro atoms. The summed E-state index contributed by atoms with van der Waals surface area (Å²) in [5, 5.41) is 2.94. The maximum atomic E-state index is 5.57. The van der Waals surface area contributed by atoms with Gasteiger partial charge in [0.15, 0.2) is 0 Å². The Morgan fingerprint density at radius 1 is 1.16 bits per heavy atom. The molecule has 0 saturated carbocycles. The highest BCUT2D eigenvalue weighted by Gasteiger charge is 2.17. The van der Waals surface area contributed by atoms with Crippen LogP contribution < -0.4 is 15.0 Å². The molecule has 108 valence electrons. The van der Waals surface area contributed by atoms with Crippen molar-refractivity contribution in [2.75, 3.05) is 24.3 Å². The van der Waals surface area contributed by atoms with Crippen LogP contribution in [-0.4, -0.2) is 41.2 Å². The second-order valence-corrected chi connectivity index (χ2v) is 4.74. The smallest absolute Gasteiger partial charge is 0.323 e. The van der Waals surface area contributed by atoms with Gasteiger partial charge < -0.3 is 15.0 Å². The number of nitrogens with one attached hydrogen (secondary N) is 1. The predicted octanol–water partition coefficient (Wildman–Crippen LogP) is 2.33. The SMILES string of the molecule is CCC(CC)N(C)c1nc(NC)nc(OC(C)C)n1. The fourth-order valence-corrected chi connectivity index (χ4v) is 1.88. The Kier molecular flexibility index (Phi) is 5.79. The van der Waals surface area contributed by atoms with Crippen molar-refractivity contribution in [2.24, 2.45) is 0 Å². The largest absolute Gasteiger partial charge is 0.461 e. The van der Waals surface area contributed by atoms with Crippen LogP contribution >= 0.6 is 0 Å². The van der Waals surface area contributed by atoms with E-state index in [0.717, 1.165) is 12.8 Å². The molecule has 19 heavy (non-hydrogen) atoms. The van der Waals surface area contributed by atoms with Crippen molar-refractivity contribution in [1.29, 1.82) is 0 Å². The first-order valence-electron chi connectivity index (χ1n) is 6.85. The number of rotatable bonds is 7. The summed E-state index contributed by atoms with van der Waals surface area (Å²) in [6, 6.07) is 0.779. The van der Waals surface area contributed by atoms with Crippen LogP contribution in [-0.2, 0) is 0 Å². The van der Waals surface area contributed by atoms with Gasteiger partial charge in [-0.05, 0) is 26.7 Å². The molecule has 0 aliphatic rings. The van der Waals surface area contributed by atoms with Crippen molar-refractivity contribution in [3.8, 4) is 6.01 Å². The van der Waals surface area contributed by atoms with Crippen LogP contribution in [0.4, 0.5) is 11.9 Å². The van der Waals surface area contributed by atoms with E-state index in [1.54, 1.807) is 7.05 Å². The average molecular weight is 267 g/mol. The molecular formula is C13H25N5O. The summed E-state index contributed by atoms with van der Waals surface area (Å²) >= 11 is 0. The lowest BCUT2D eigenvalue weighted by Gasteiger charge is -2.26. The van der Waals surface area contributed by atoms with Gasteiger partial charge in [-0.25, -0.2) is 0 Å². The van der Waals surface area contributed by atoms with E-state index in [2.05, 4.69) is 39.0 Å². The van der Waals surface area contributed by atoms with Gasteiger partial charge in [0, 0.05) is 20.1 Å². The maximum Gasteiger partial charge on any atom is 0.323 e. The summed E-state index contributed by atoms with van der Waals surface area (Å²) in [7, 11) is 3.79. The number of nitrogens with zero attached hydrogens (tertiary/aromatic N) is 4. The monoisotopic (exact) mass is 267 g/mol. The molecule has 1 rings (SSSR count). The normalized spacial score (nSPS) is 10.9. The second-order valence-electron chi connectivity index (χ2n) is 4.74. The van der Waals surface area contributed by atoms with Gasteiger partial charge in [0.25, 0.3) is 0 Å². The fraction of sp³-hybridized carbons (Fsp3) is 0.769. The van der Waals surface area contributed by atoms with E-state index >= 15 is 0 Å². The zero-order valence-electron chi connectivity index (χ0n) is 12.8. The highest BCUT2D eigenvalue weighted by Crippen LogP contribution is 2.18. The van der Waals surface area contributed by atoms with E-state index < -0.39 is 0 Å². The van der Waals surface area contributed by atoms with Gasteiger partial charge in [0.1, 0.15) is 0 Å². The zero-order chi connectivity index (χ0) is 14.4. The van der Waals surface area contributed by atoms with Crippen LogP contribution in [0.25, 0.3) is 0 Å². The standard InChI is InChI=1S/C13H25N5O/c1-7-10(8-2)18(6)12-15-11(14-5)16-13(17-12)19-9(3)4/h9-10H,7-8H2,1-6H3,(H,14,15,16,17). The van der Waals surface area contributed by atoms with E-state index in [4.69, 9.17) is 4.74 Å². The van der Waals surface area contributed by atoms with Crippen molar-refractivity contribution < 1.29 is 4.74 Å². The molecule has 0 aliphatic heterocycles. The molecule has 1 aromatic rings. The van der Waals surface area contributed by atoms with Gasteiger partial charge in [-0.3, -0.25) is 0 Å². The number of hydrogen-bond donors (Lipinski definition) is 1. The molecule has 0 aliphatic carbocycles. The highest BCUT2D eigenvalue weighted by molar-refractivity contribution is 5.38. The summed E-state index contributed by atoms with van der Waals surface area (Å²) in [5.74, 6) is 1.17. The first-order chi connectivity index (χ1) is 9.01. The van der Waals surface area contributed by atoms with Crippen LogP contribution in [0.5, 0.6) is 6.01 Å². The minimum atomic E-state index is 0.0402. The van der Waals surface area contributed by atoms with Crippen molar-refractivity contribution >= 4 is 11.9 Å². The first kappa shape index (κ1) is 15.5. The molecule has 0 bridgehead atoms.